The summed E-state index contributed by atoms with van der Waals surface area (Å²) in [4.78, 5) is 2.60. The highest BCUT2D eigenvalue weighted by atomic mass is 16.5. The summed E-state index contributed by atoms with van der Waals surface area (Å²) < 4.78 is 5.84. The molecular formula is C16H24N2O. The van der Waals surface area contributed by atoms with Crippen LogP contribution in [0.3, 0.4) is 0 Å². The second-order valence-electron chi connectivity index (χ2n) is 5.84. The standard InChI is InChI=1S/C16H24N2O/c1-13-3-2-4-14(9-13)10-17-11-16-12-18(7-8-19-16)15-5-6-15/h2-4,9,15-17H,5-8,10-12H2,1H3. The number of nitrogens with zero attached hydrogens (tertiary/aromatic N) is 1. The predicted octanol–water partition coefficient (Wildman–Crippen LogP) is 1.95. The second kappa shape index (κ2) is 6.04. The third kappa shape index (κ3) is 3.78. The van der Waals surface area contributed by atoms with Gasteiger partial charge in [0.2, 0.25) is 0 Å². The van der Waals surface area contributed by atoms with Crippen molar-refractivity contribution < 1.29 is 4.74 Å². The fourth-order valence-corrected chi connectivity index (χ4v) is 2.84. The molecule has 2 fully saturated rings. The minimum Gasteiger partial charge on any atom is -0.374 e. The summed E-state index contributed by atoms with van der Waals surface area (Å²) in [6, 6.07) is 9.55. The van der Waals surface area contributed by atoms with Gasteiger partial charge in [0.25, 0.3) is 0 Å². The zero-order chi connectivity index (χ0) is 13.1. The zero-order valence-corrected chi connectivity index (χ0v) is 11.8. The summed E-state index contributed by atoms with van der Waals surface area (Å²) >= 11 is 0. The molecule has 0 amide bonds. The fraction of sp³-hybridized carbons (Fsp3) is 0.625. The first-order valence-corrected chi connectivity index (χ1v) is 7.43. The first kappa shape index (κ1) is 13.1. The molecule has 1 saturated heterocycles. The van der Waals surface area contributed by atoms with Crippen LogP contribution in [0.25, 0.3) is 0 Å². The molecule has 1 N–H and O–H groups in total. The molecule has 1 atom stereocenters. The Morgan fingerprint density at radius 3 is 3.05 bits per heavy atom. The van der Waals surface area contributed by atoms with Crippen LogP contribution in [-0.4, -0.2) is 43.3 Å². The van der Waals surface area contributed by atoms with Crippen molar-refractivity contribution in [3.63, 3.8) is 0 Å². The van der Waals surface area contributed by atoms with Crippen molar-refractivity contribution in [2.75, 3.05) is 26.2 Å². The number of rotatable bonds is 5. The van der Waals surface area contributed by atoms with E-state index < -0.39 is 0 Å². The van der Waals surface area contributed by atoms with Gasteiger partial charge in [-0.1, -0.05) is 29.8 Å². The van der Waals surface area contributed by atoms with Gasteiger partial charge in [0.1, 0.15) is 0 Å². The van der Waals surface area contributed by atoms with E-state index in [0.717, 1.165) is 38.8 Å². The predicted molar refractivity (Wildman–Crippen MR) is 77.2 cm³/mol. The molecule has 0 bridgehead atoms. The summed E-state index contributed by atoms with van der Waals surface area (Å²) in [7, 11) is 0. The smallest absolute Gasteiger partial charge is 0.0826 e. The van der Waals surface area contributed by atoms with Gasteiger partial charge in [-0.05, 0) is 25.3 Å². The third-order valence-electron chi connectivity index (χ3n) is 4.02. The van der Waals surface area contributed by atoms with Gasteiger partial charge in [-0.3, -0.25) is 4.90 Å². The molecule has 3 rings (SSSR count). The van der Waals surface area contributed by atoms with Crippen LogP contribution in [0, 0.1) is 6.92 Å². The van der Waals surface area contributed by atoms with Gasteiger partial charge in [-0.15, -0.1) is 0 Å². The first-order valence-electron chi connectivity index (χ1n) is 7.43. The maximum absolute atomic E-state index is 5.84. The Kier molecular flexibility index (Phi) is 4.16. The van der Waals surface area contributed by atoms with E-state index in [1.54, 1.807) is 0 Å². The second-order valence-corrected chi connectivity index (χ2v) is 5.84. The number of hydrogen-bond donors (Lipinski definition) is 1. The molecule has 1 heterocycles. The normalized spacial score (nSPS) is 24.6. The summed E-state index contributed by atoms with van der Waals surface area (Å²) in [6.45, 7) is 7.15. The highest BCUT2D eigenvalue weighted by molar-refractivity contribution is 5.21. The minimum atomic E-state index is 0.360. The van der Waals surface area contributed by atoms with E-state index in [4.69, 9.17) is 4.74 Å². The highest BCUT2D eigenvalue weighted by Crippen LogP contribution is 2.28. The SMILES string of the molecule is Cc1cccc(CNCC2CN(C3CC3)CCO2)c1. The molecule has 3 nitrogen and oxygen atoms in total. The van der Waals surface area contributed by atoms with E-state index in [0.29, 0.717) is 6.10 Å². The molecule has 19 heavy (non-hydrogen) atoms. The van der Waals surface area contributed by atoms with E-state index in [-0.39, 0.29) is 0 Å². The Hall–Kier alpha value is -0.900. The minimum absolute atomic E-state index is 0.360. The Labute approximate surface area is 115 Å². The molecule has 0 radical (unpaired) electrons. The lowest BCUT2D eigenvalue weighted by molar-refractivity contribution is -0.0301. The average molecular weight is 260 g/mol. The third-order valence-corrected chi connectivity index (χ3v) is 4.02. The van der Waals surface area contributed by atoms with Gasteiger partial charge in [0.15, 0.2) is 0 Å². The molecule has 1 saturated carbocycles. The van der Waals surface area contributed by atoms with Crippen LogP contribution in [0.15, 0.2) is 24.3 Å². The molecular weight excluding hydrogens is 236 g/mol. The van der Waals surface area contributed by atoms with Crippen molar-refractivity contribution >= 4 is 0 Å². The molecule has 0 spiro atoms. The Morgan fingerprint density at radius 2 is 2.26 bits per heavy atom. The van der Waals surface area contributed by atoms with Gasteiger partial charge < -0.3 is 10.1 Å². The van der Waals surface area contributed by atoms with E-state index in [1.807, 2.05) is 0 Å². The number of ether oxygens (including phenoxy) is 1. The lowest BCUT2D eigenvalue weighted by Gasteiger charge is -2.33. The summed E-state index contributed by atoms with van der Waals surface area (Å²) in [5, 5.41) is 3.53. The Morgan fingerprint density at radius 1 is 1.37 bits per heavy atom. The Bertz CT molecular complexity index is 417. The van der Waals surface area contributed by atoms with Crippen LogP contribution in [0.4, 0.5) is 0 Å². The summed E-state index contributed by atoms with van der Waals surface area (Å²) in [5.74, 6) is 0. The van der Waals surface area contributed by atoms with Crippen LogP contribution in [0.2, 0.25) is 0 Å². The van der Waals surface area contributed by atoms with Crippen molar-refractivity contribution in [3.05, 3.63) is 35.4 Å². The van der Waals surface area contributed by atoms with Crippen molar-refractivity contribution in [1.29, 1.82) is 0 Å². The Balaban J connectivity index is 1.41. The van der Waals surface area contributed by atoms with Gasteiger partial charge in [-0.2, -0.15) is 0 Å². The van der Waals surface area contributed by atoms with Crippen molar-refractivity contribution in [2.24, 2.45) is 0 Å². The van der Waals surface area contributed by atoms with E-state index >= 15 is 0 Å². The number of benzene rings is 1. The molecule has 1 aliphatic heterocycles. The van der Waals surface area contributed by atoms with Gasteiger partial charge in [-0.25, -0.2) is 0 Å². The average Bonchev–Trinajstić information content (AvgIpc) is 3.23. The fourth-order valence-electron chi connectivity index (χ4n) is 2.84. The lowest BCUT2D eigenvalue weighted by Crippen LogP contribution is -2.47. The number of aryl methyl sites for hydroxylation is 1. The van der Waals surface area contributed by atoms with Crippen molar-refractivity contribution in [3.8, 4) is 0 Å². The lowest BCUT2D eigenvalue weighted by atomic mass is 10.1. The summed E-state index contributed by atoms with van der Waals surface area (Å²) in [5.41, 5.74) is 2.68. The number of morpholine rings is 1. The molecule has 1 aromatic carbocycles. The monoisotopic (exact) mass is 260 g/mol. The number of nitrogens with one attached hydrogen (secondary N) is 1. The topological polar surface area (TPSA) is 24.5 Å². The van der Waals surface area contributed by atoms with E-state index in [9.17, 15) is 0 Å². The first-order chi connectivity index (χ1) is 9.31. The van der Waals surface area contributed by atoms with E-state index in [1.165, 1.54) is 24.0 Å². The molecule has 2 aliphatic rings. The summed E-state index contributed by atoms with van der Waals surface area (Å²) in [6.07, 6.45) is 3.14. The molecule has 0 aromatic heterocycles. The maximum Gasteiger partial charge on any atom is 0.0826 e. The number of hydrogen-bond acceptors (Lipinski definition) is 3. The van der Waals surface area contributed by atoms with Gasteiger partial charge in [0.05, 0.1) is 12.7 Å². The van der Waals surface area contributed by atoms with E-state index in [2.05, 4.69) is 41.4 Å². The zero-order valence-electron chi connectivity index (χ0n) is 11.8. The van der Waals surface area contributed by atoms with Crippen LogP contribution < -0.4 is 5.32 Å². The van der Waals surface area contributed by atoms with Crippen molar-refractivity contribution in [2.45, 2.75) is 38.5 Å². The molecule has 104 valence electrons. The maximum atomic E-state index is 5.84. The van der Waals surface area contributed by atoms with Gasteiger partial charge >= 0.3 is 0 Å². The quantitative estimate of drug-likeness (QED) is 0.876. The van der Waals surface area contributed by atoms with Crippen molar-refractivity contribution in [1.82, 2.24) is 10.2 Å². The molecule has 1 aliphatic carbocycles. The van der Waals surface area contributed by atoms with Crippen LogP contribution in [0.1, 0.15) is 24.0 Å². The van der Waals surface area contributed by atoms with Gasteiger partial charge in [0, 0.05) is 32.2 Å². The van der Waals surface area contributed by atoms with Crippen LogP contribution in [0.5, 0.6) is 0 Å². The van der Waals surface area contributed by atoms with Crippen LogP contribution >= 0.6 is 0 Å². The highest BCUT2D eigenvalue weighted by Gasteiger charge is 2.32. The molecule has 1 unspecified atom stereocenters. The molecule has 1 aromatic rings. The van der Waals surface area contributed by atoms with Crippen LogP contribution in [-0.2, 0) is 11.3 Å². The largest absolute Gasteiger partial charge is 0.374 e. The molecule has 3 heteroatoms.